The highest BCUT2D eigenvalue weighted by Crippen LogP contribution is 2.36. The molecule has 0 fully saturated rings. The fourth-order valence-corrected chi connectivity index (χ4v) is 3.32. The predicted molar refractivity (Wildman–Crippen MR) is 116 cm³/mol. The summed E-state index contributed by atoms with van der Waals surface area (Å²) in [5.41, 5.74) is 0.458. The van der Waals surface area contributed by atoms with Gasteiger partial charge in [-0.3, -0.25) is 4.57 Å². The van der Waals surface area contributed by atoms with Crippen LogP contribution < -0.4 is 14.8 Å². The van der Waals surface area contributed by atoms with Gasteiger partial charge in [0.2, 0.25) is 0 Å². The molecule has 0 unspecified atom stereocenters. The van der Waals surface area contributed by atoms with Crippen LogP contribution in [0.4, 0.5) is 19.0 Å². The van der Waals surface area contributed by atoms with Crippen LogP contribution in [0.3, 0.4) is 0 Å². The van der Waals surface area contributed by atoms with Crippen molar-refractivity contribution in [3.05, 3.63) is 69.3 Å². The Morgan fingerprint density at radius 2 is 1.75 bits per heavy atom. The number of hydrogen-bond donors (Lipinski definition) is 2. The molecule has 2 aromatic carbocycles. The molecule has 6 nitrogen and oxygen atoms in total. The molecule has 3 aromatic rings. The molecule has 2 N–H and O–H groups in total. The zero-order valence-electron chi connectivity index (χ0n) is 16.9. The van der Waals surface area contributed by atoms with Crippen LogP contribution in [0.25, 0.3) is 0 Å². The summed E-state index contributed by atoms with van der Waals surface area (Å²) in [5.74, 6) is 0.465. The number of benzene rings is 2. The van der Waals surface area contributed by atoms with Gasteiger partial charge in [0.25, 0.3) is 6.01 Å². The average Bonchev–Trinajstić information content (AvgIpc) is 3.09. The quantitative estimate of drug-likeness (QED) is 0.401. The number of anilines is 1. The van der Waals surface area contributed by atoms with E-state index in [2.05, 4.69) is 10.3 Å². The van der Waals surface area contributed by atoms with E-state index >= 15 is 0 Å². The lowest BCUT2D eigenvalue weighted by molar-refractivity contribution is -0.137. The maximum absolute atomic E-state index is 13.0. The smallest absolute Gasteiger partial charge is 0.417 e. The van der Waals surface area contributed by atoms with Crippen molar-refractivity contribution in [1.29, 1.82) is 0 Å². The van der Waals surface area contributed by atoms with Crippen LogP contribution >= 0.6 is 23.2 Å². The lowest BCUT2D eigenvalue weighted by atomic mass is 10.2. The standard InChI is InChI=1S/C21H20Cl2F3N3O3/c1-27-19-18(12-30)29(11-13-2-4-14(22)5-3-13)20(28-19)32-9-8-31-15-6-7-17(23)16(10-15)21(24,25)26/h2-7,10,27,30H,8-9,11-12H2,1H3. The van der Waals surface area contributed by atoms with Gasteiger partial charge < -0.3 is 19.9 Å². The first kappa shape index (κ1) is 24.0. The molecule has 1 heterocycles. The number of aliphatic hydroxyl groups is 1. The van der Waals surface area contributed by atoms with Gasteiger partial charge in [-0.2, -0.15) is 18.2 Å². The monoisotopic (exact) mass is 489 g/mol. The third-order valence-corrected chi connectivity index (χ3v) is 5.09. The van der Waals surface area contributed by atoms with Gasteiger partial charge in [-0.1, -0.05) is 35.3 Å². The van der Waals surface area contributed by atoms with Gasteiger partial charge in [-0.15, -0.1) is 0 Å². The highest BCUT2D eigenvalue weighted by molar-refractivity contribution is 6.31. The number of halogens is 5. The highest BCUT2D eigenvalue weighted by atomic mass is 35.5. The second-order valence-electron chi connectivity index (χ2n) is 6.65. The molecule has 0 radical (unpaired) electrons. The minimum absolute atomic E-state index is 0.00956. The number of alkyl halides is 3. The van der Waals surface area contributed by atoms with Crippen LogP contribution in [0, 0.1) is 0 Å². The zero-order chi connectivity index (χ0) is 23.3. The lowest BCUT2D eigenvalue weighted by Crippen LogP contribution is -2.14. The Morgan fingerprint density at radius 3 is 2.38 bits per heavy atom. The summed E-state index contributed by atoms with van der Waals surface area (Å²) >= 11 is 11.5. The van der Waals surface area contributed by atoms with Crippen LogP contribution in [0.5, 0.6) is 11.8 Å². The van der Waals surface area contributed by atoms with E-state index < -0.39 is 16.8 Å². The van der Waals surface area contributed by atoms with Crippen LogP contribution in [0.15, 0.2) is 42.5 Å². The SMILES string of the molecule is CNc1nc(OCCOc2ccc(Cl)c(C(F)(F)F)c2)n(Cc2ccc(Cl)cc2)c1CO. The van der Waals surface area contributed by atoms with E-state index in [0.29, 0.717) is 23.1 Å². The Kier molecular flexibility index (Phi) is 7.76. The molecule has 0 aliphatic carbocycles. The number of aromatic nitrogens is 2. The largest absolute Gasteiger partial charge is 0.490 e. The van der Waals surface area contributed by atoms with Crippen molar-refractivity contribution in [2.24, 2.45) is 0 Å². The predicted octanol–water partition coefficient (Wildman–Crippen LogP) is 5.25. The summed E-state index contributed by atoms with van der Waals surface area (Å²) < 4.78 is 51.7. The fourth-order valence-electron chi connectivity index (χ4n) is 2.97. The molecule has 0 bridgehead atoms. The summed E-state index contributed by atoms with van der Waals surface area (Å²) in [6.45, 7) is 0.0669. The Bertz CT molecular complexity index is 1060. The molecule has 0 saturated heterocycles. The second-order valence-corrected chi connectivity index (χ2v) is 7.49. The topological polar surface area (TPSA) is 68.5 Å². The first-order valence-corrected chi connectivity index (χ1v) is 10.2. The first-order valence-electron chi connectivity index (χ1n) is 9.47. The molecule has 0 aliphatic rings. The van der Waals surface area contributed by atoms with E-state index in [1.165, 1.54) is 6.07 Å². The van der Waals surface area contributed by atoms with Crippen molar-refractivity contribution >= 4 is 29.0 Å². The lowest BCUT2D eigenvalue weighted by Gasteiger charge is -2.13. The van der Waals surface area contributed by atoms with Crippen molar-refractivity contribution < 1.29 is 27.8 Å². The molecular formula is C21H20Cl2F3N3O3. The van der Waals surface area contributed by atoms with Gasteiger partial charge in [0, 0.05) is 12.1 Å². The van der Waals surface area contributed by atoms with E-state index in [9.17, 15) is 18.3 Å². The van der Waals surface area contributed by atoms with Crippen LogP contribution in [0.2, 0.25) is 10.0 Å². The van der Waals surface area contributed by atoms with E-state index in [1.807, 2.05) is 12.1 Å². The van der Waals surface area contributed by atoms with Crippen molar-refractivity contribution in [2.75, 3.05) is 25.6 Å². The molecule has 0 amide bonds. The number of nitrogens with one attached hydrogen (secondary N) is 1. The molecule has 0 spiro atoms. The first-order chi connectivity index (χ1) is 15.2. The fraction of sp³-hybridized carbons (Fsp3) is 0.286. The van der Waals surface area contributed by atoms with Crippen molar-refractivity contribution in [1.82, 2.24) is 9.55 Å². The second kappa shape index (κ2) is 10.3. The Balaban J connectivity index is 1.69. The Hall–Kier alpha value is -2.62. The summed E-state index contributed by atoms with van der Waals surface area (Å²) in [7, 11) is 1.67. The third kappa shape index (κ3) is 5.79. The van der Waals surface area contributed by atoms with Gasteiger partial charge in [0.05, 0.1) is 29.4 Å². The van der Waals surface area contributed by atoms with Crippen LogP contribution in [0.1, 0.15) is 16.8 Å². The van der Waals surface area contributed by atoms with Crippen LogP contribution in [-0.2, 0) is 19.3 Å². The number of ether oxygens (including phenoxy) is 2. The maximum Gasteiger partial charge on any atom is 0.417 e. The van der Waals surface area contributed by atoms with E-state index in [1.54, 1.807) is 23.7 Å². The van der Waals surface area contributed by atoms with Crippen LogP contribution in [-0.4, -0.2) is 34.9 Å². The minimum Gasteiger partial charge on any atom is -0.490 e. The van der Waals surface area contributed by atoms with E-state index in [0.717, 1.165) is 17.7 Å². The molecule has 172 valence electrons. The molecule has 11 heteroatoms. The molecule has 0 atom stereocenters. The van der Waals surface area contributed by atoms with Gasteiger partial charge >= 0.3 is 6.18 Å². The normalized spacial score (nSPS) is 11.5. The van der Waals surface area contributed by atoms with Gasteiger partial charge in [-0.05, 0) is 35.9 Å². The third-order valence-electron chi connectivity index (χ3n) is 4.50. The number of nitrogens with zero attached hydrogens (tertiary/aromatic N) is 2. The van der Waals surface area contributed by atoms with Crippen molar-refractivity contribution in [3.8, 4) is 11.8 Å². The molecule has 1 aromatic heterocycles. The maximum atomic E-state index is 13.0. The van der Waals surface area contributed by atoms with Crippen molar-refractivity contribution in [3.63, 3.8) is 0 Å². The van der Waals surface area contributed by atoms with Crippen molar-refractivity contribution in [2.45, 2.75) is 19.3 Å². The number of imidazole rings is 1. The molecule has 3 rings (SSSR count). The number of hydrogen-bond acceptors (Lipinski definition) is 5. The summed E-state index contributed by atoms with van der Waals surface area (Å²) in [4.78, 5) is 4.34. The Labute approximate surface area is 192 Å². The molecule has 0 aliphatic heterocycles. The zero-order valence-corrected chi connectivity index (χ0v) is 18.4. The highest BCUT2D eigenvalue weighted by Gasteiger charge is 2.33. The summed E-state index contributed by atoms with van der Waals surface area (Å²) in [6, 6.07) is 10.7. The van der Waals surface area contributed by atoms with E-state index in [4.69, 9.17) is 32.7 Å². The Morgan fingerprint density at radius 1 is 1.06 bits per heavy atom. The molecule has 0 saturated carbocycles. The number of aliphatic hydroxyl groups excluding tert-OH is 1. The number of rotatable bonds is 9. The van der Waals surface area contributed by atoms with Gasteiger partial charge in [0.15, 0.2) is 5.82 Å². The summed E-state index contributed by atoms with van der Waals surface area (Å²) in [6.07, 6.45) is -4.58. The molecule has 32 heavy (non-hydrogen) atoms. The van der Waals surface area contributed by atoms with E-state index in [-0.39, 0.29) is 31.6 Å². The van der Waals surface area contributed by atoms with Gasteiger partial charge in [0.1, 0.15) is 19.0 Å². The average molecular weight is 490 g/mol. The molecular weight excluding hydrogens is 470 g/mol. The van der Waals surface area contributed by atoms with Gasteiger partial charge in [-0.25, -0.2) is 0 Å². The minimum atomic E-state index is -4.58. The summed E-state index contributed by atoms with van der Waals surface area (Å²) in [5, 5.41) is 12.9.